The smallest absolute Gasteiger partial charge is 0.294 e. The number of aryl methyl sites for hydroxylation is 3. The fraction of sp³-hybridized carbons (Fsp3) is 0.286. The molecular formula is C21H19F3OS. The molecule has 0 fully saturated rings. The first-order chi connectivity index (χ1) is 12.3. The Morgan fingerprint density at radius 1 is 1.12 bits per heavy atom. The van der Waals surface area contributed by atoms with E-state index in [1.807, 2.05) is 32.0 Å². The van der Waals surface area contributed by atoms with Crippen molar-refractivity contribution < 1.29 is 18.0 Å². The first-order valence-corrected chi connectivity index (χ1v) is 9.32. The summed E-state index contributed by atoms with van der Waals surface area (Å²) in [5, 5.41) is 0.864. The molecule has 5 heteroatoms. The van der Waals surface area contributed by atoms with E-state index >= 15 is 0 Å². The number of fused-ring (bicyclic) bond motifs is 1. The van der Waals surface area contributed by atoms with Crippen molar-refractivity contribution in [2.75, 3.05) is 0 Å². The Labute approximate surface area is 154 Å². The molecule has 0 unspecified atom stereocenters. The number of carbonyl (C=O) groups is 1. The Kier molecular flexibility index (Phi) is 5.19. The van der Waals surface area contributed by atoms with Gasteiger partial charge in [-0.1, -0.05) is 36.8 Å². The molecule has 0 N–H and O–H groups in total. The number of rotatable bonds is 5. The minimum Gasteiger partial charge on any atom is -0.294 e. The largest absolute Gasteiger partial charge is 0.416 e. The molecular weight excluding hydrogens is 357 g/mol. The molecule has 1 aromatic heterocycles. The fourth-order valence-electron chi connectivity index (χ4n) is 3.16. The minimum atomic E-state index is -4.34. The maximum atomic E-state index is 12.9. The molecule has 0 saturated heterocycles. The lowest BCUT2D eigenvalue weighted by molar-refractivity contribution is -0.137. The number of alkyl halides is 3. The predicted octanol–water partition coefficient (Wildman–Crippen LogP) is 6.61. The Morgan fingerprint density at radius 2 is 1.88 bits per heavy atom. The molecule has 0 bridgehead atoms. The van der Waals surface area contributed by atoms with Crippen molar-refractivity contribution in [2.45, 2.75) is 39.3 Å². The van der Waals surface area contributed by atoms with Gasteiger partial charge in [0.05, 0.1) is 5.56 Å². The van der Waals surface area contributed by atoms with Crippen LogP contribution < -0.4 is 0 Å². The summed E-state index contributed by atoms with van der Waals surface area (Å²) < 4.78 is 39.5. The highest BCUT2D eigenvalue weighted by atomic mass is 32.1. The van der Waals surface area contributed by atoms with Crippen LogP contribution in [-0.2, 0) is 19.0 Å². The average molecular weight is 376 g/mol. The summed E-state index contributed by atoms with van der Waals surface area (Å²) in [7, 11) is 0. The van der Waals surface area contributed by atoms with Crippen LogP contribution in [0.5, 0.6) is 0 Å². The molecule has 3 aromatic rings. The molecule has 3 rings (SSSR count). The first kappa shape index (κ1) is 18.6. The molecule has 26 heavy (non-hydrogen) atoms. The van der Waals surface area contributed by atoms with E-state index in [9.17, 15) is 18.0 Å². The summed E-state index contributed by atoms with van der Waals surface area (Å²) in [6.07, 6.45) is -2.70. The molecule has 0 atom stereocenters. The Balaban J connectivity index is 1.86. The fourth-order valence-corrected chi connectivity index (χ4v) is 4.49. The molecule has 0 saturated carbocycles. The molecule has 1 heterocycles. The van der Waals surface area contributed by atoms with E-state index in [0.717, 1.165) is 33.9 Å². The van der Waals surface area contributed by atoms with Crippen LogP contribution in [0.25, 0.3) is 10.1 Å². The predicted molar refractivity (Wildman–Crippen MR) is 100 cm³/mol. The van der Waals surface area contributed by atoms with Crippen molar-refractivity contribution in [3.8, 4) is 0 Å². The van der Waals surface area contributed by atoms with Crippen LogP contribution >= 0.6 is 11.3 Å². The zero-order valence-corrected chi connectivity index (χ0v) is 15.4. The van der Waals surface area contributed by atoms with E-state index < -0.39 is 11.7 Å². The van der Waals surface area contributed by atoms with Crippen LogP contribution in [0.4, 0.5) is 13.2 Å². The van der Waals surface area contributed by atoms with E-state index in [0.29, 0.717) is 23.1 Å². The lowest BCUT2D eigenvalue weighted by atomic mass is 10.0. The summed E-state index contributed by atoms with van der Waals surface area (Å²) in [5.74, 6) is 0.0594. The van der Waals surface area contributed by atoms with Crippen LogP contribution in [0.1, 0.15) is 45.3 Å². The number of thiophene rings is 1. The average Bonchev–Trinajstić information content (AvgIpc) is 2.95. The molecule has 0 spiro atoms. The van der Waals surface area contributed by atoms with Gasteiger partial charge in [-0.15, -0.1) is 11.3 Å². The van der Waals surface area contributed by atoms with Gasteiger partial charge in [0, 0.05) is 21.6 Å². The monoisotopic (exact) mass is 376 g/mol. The summed E-state index contributed by atoms with van der Waals surface area (Å²) in [6, 6.07) is 11.4. The Bertz CT molecular complexity index is 954. The standard InChI is InChI=1S/C21H19F3OS/c1-3-16-17-8-7-15(21(22,23)24)12-20(17)26-19(16)10-9-18(25)14-6-4-5-13(2)11-14/h4-8,11-12H,3,9-10H2,1-2H3. The second-order valence-corrected chi connectivity index (χ2v) is 7.50. The highest BCUT2D eigenvalue weighted by Gasteiger charge is 2.31. The number of Topliss-reactive ketones (excluding diaryl/α,β-unsaturated/α-hetero) is 1. The quantitative estimate of drug-likeness (QED) is 0.458. The highest BCUT2D eigenvalue weighted by Crippen LogP contribution is 2.37. The third kappa shape index (κ3) is 3.83. The minimum absolute atomic E-state index is 0.0594. The summed E-state index contributed by atoms with van der Waals surface area (Å²) >= 11 is 1.37. The van der Waals surface area contributed by atoms with Crippen molar-refractivity contribution in [3.05, 3.63) is 69.6 Å². The normalized spacial score (nSPS) is 11.9. The van der Waals surface area contributed by atoms with Crippen LogP contribution in [0.3, 0.4) is 0 Å². The Hall–Kier alpha value is -2.14. The zero-order chi connectivity index (χ0) is 18.9. The van der Waals surface area contributed by atoms with E-state index in [1.54, 1.807) is 12.1 Å². The summed E-state index contributed by atoms with van der Waals surface area (Å²) in [5.41, 5.74) is 2.14. The molecule has 0 aliphatic heterocycles. The van der Waals surface area contributed by atoms with Crippen molar-refractivity contribution in [2.24, 2.45) is 0 Å². The van der Waals surface area contributed by atoms with Crippen molar-refractivity contribution in [1.82, 2.24) is 0 Å². The van der Waals surface area contributed by atoms with Gasteiger partial charge in [-0.3, -0.25) is 4.79 Å². The number of carbonyl (C=O) groups excluding carboxylic acids is 1. The topological polar surface area (TPSA) is 17.1 Å². The van der Waals surface area contributed by atoms with Crippen LogP contribution in [0, 0.1) is 6.92 Å². The molecule has 0 amide bonds. The Morgan fingerprint density at radius 3 is 2.54 bits per heavy atom. The third-order valence-corrected chi connectivity index (χ3v) is 5.73. The SMILES string of the molecule is CCc1c(CCC(=O)c2cccc(C)c2)sc2cc(C(F)(F)F)ccc12. The summed E-state index contributed by atoms with van der Waals surface area (Å²) in [6.45, 7) is 3.93. The van der Waals surface area contributed by atoms with E-state index in [2.05, 4.69) is 0 Å². The van der Waals surface area contributed by atoms with Gasteiger partial charge in [-0.2, -0.15) is 13.2 Å². The number of halogens is 3. The molecule has 0 aliphatic rings. The van der Waals surface area contributed by atoms with Gasteiger partial charge in [0.1, 0.15) is 0 Å². The van der Waals surface area contributed by atoms with Crippen LogP contribution in [0.2, 0.25) is 0 Å². The van der Waals surface area contributed by atoms with Gasteiger partial charge in [-0.25, -0.2) is 0 Å². The molecule has 2 aromatic carbocycles. The highest BCUT2D eigenvalue weighted by molar-refractivity contribution is 7.19. The van der Waals surface area contributed by atoms with Gasteiger partial charge in [-0.05, 0) is 48.9 Å². The number of ketones is 1. The number of benzene rings is 2. The van der Waals surface area contributed by atoms with Gasteiger partial charge in [0.15, 0.2) is 5.78 Å². The first-order valence-electron chi connectivity index (χ1n) is 8.51. The van der Waals surface area contributed by atoms with Crippen LogP contribution in [-0.4, -0.2) is 5.78 Å². The molecule has 0 radical (unpaired) electrons. The maximum absolute atomic E-state index is 12.9. The molecule has 0 aliphatic carbocycles. The van der Waals surface area contributed by atoms with E-state index in [4.69, 9.17) is 0 Å². The second-order valence-electron chi connectivity index (χ2n) is 6.36. The lowest BCUT2D eigenvalue weighted by Crippen LogP contribution is -2.03. The van der Waals surface area contributed by atoms with Crippen LogP contribution in [0.15, 0.2) is 42.5 Å². The third-order valence-electron chi connectivity index (χ3n) is 4.48. The summed E-state index contributed by atoms with van der Waals surface area (Å²) in [4.78, 5) is 13.4. The van der Waals surface area contributed by atoms with E-state index in [1.165, 1.54) is 17.4 Å². The van der Waals surface area contributed by atoms with Gasteiger partial charge >= 0.3 is 6.18 Å². The number of hydrogen-bond donors (Lipinski definition) is 0. The maximum Gasteiger partial charge on any atom is 0.416 e. The van der Waals surface area contributed by atoms with Gasteiger partial charge < -0.3 is 0 Å². The van der Waals surface area contributed by atoms with Crippen molar-refractivity contribution >= 4 is 27.2 Å². The van der Waals surface area contributed by atoms with Crippen molar-refractivity contribution in [1.29, 1.82) is 0 Å². The number of hydrogen-bond acceptors (Lipinski definition) is 2. The lowest BCUT2D eigenvalue weighted by Gasteiger charge is -2.06. The van der Waals surface area contributed by atoms with Crippen molar-refractivity contribution in [3.63, 3.8) is 0 Å². The molecule has 1 nitrogen and oxygen atoms in total. The van der Waals surface area contributed by atoms with Gasteiger partial charge in [0.25, 0.3) is 0 Å². The zero-order valence-electron chi connectivity index (χ0n) is 14.6. The molecule has 136 valence electrons. The van der Waals surface area contributed by atoms with E-state index in [-0.39, 0.29) is 5.78 Å². The van der Waals surface area contributed by atoms with Gasteiger partial charge in [0.2, 0.25) is 0 Å². The second kappa shape index (κ2) is 7.23.